The van der Waals surface area contributed by atoms with Crippen LogP contribution in [0.4, 0.5) is 0 Å². The van der Waals surface area contributed by atoms with Crippen molar-refractivity contribution in [3.63, 3.8) is 0 Å². The number of sulfone groups is 1. The molecule has 3 rings (SSSR count). The molecule has 0 fully saturated rings. The summed E-state index contributed by atoms with van der Waals surface area (Å²) in [6.45, 7) is 2.01. The normalized spacial score (nSPS) is 28.1. The van der Waals surface area contributed by atoms with Crippen molar-refractivity contribution >= 4 is 9.84 Å². The summed E-state index contributed by atoms with van der Waals surface area (Å²) in [7, 11) is -3.20. The minimum absolute atomic E-state index is 0.337. The quantitative estimate of drug-likeness (QED) is 0.891. The van der Waals surface area contributed by atoms with E-state index in [2.05, 4.69) is 6.07 Å². The van der Waals surface area contributed by atoms with Crippen LogP contribution in [-0.2, 0) is 22.7 Å². The van der Waals surface area contributed by atoms with Crippen LogP contribution < -0.4 is 5.73 Å². The molecule has 3 nitrogen and oxygen atoms in total. The third-order valence-corrected chi connectivity index (χ3v) is 6.55. The van der Waals surface area contributed by atoms with Gasteiger partial charge in [-0.05, 0) is 48.4 Å². The fourth-order valence-corrected chi connectivity index (χ4v) is 5.54. The highest BCUT2D eigenvalue weighted by Gasteiger charge is 2.43. The van der Waals surface area contributed by atoms with Crippen molar-refractivity contribution < 1.29 is 8.42 Å². The first-order chi connectivity index (χ1) is 8.55. The van der Waals surface area contributed by atoms with E-state index in [1.54, 1.807) is 0 Å². The molecule has 2 N–H and O–H groups in total. The first-order valence-electron chi connectivity index (χ1n) is 6.71. The largest absolute Gasteiger partial charge is 0.323 e. The number of benzene rings is 1. The van der Waals surface area contributed by atoms with Crippen LogP contribution in [0, 0.1) is 0 Å². The molecule has 0 radical (unpaired) electrons. The Bertz CT molecular complexity index is 592. The Labute approximate surface area is 108 Å². The Kier molecular flexibility index (Phi) is 2.75. The van der Waals surface area contributed by atoms with E-state index in [1.807, 2.05) is 13.0 Å². The molecule has 0 saturated carbocycles. The molecular weight excluding hydrogens is 246 g/mol. The van der Waals surface area contributed by atoms with Gasteiger partial charge in [-0.3, -0.25) is 0 Å². The van der Waals surface area contributed by atoms with E-state index in [4.69, 9.17) is 5.73 Å². The van der Waals surface area contributed by atoms with Crippen molar-refractivity contribution in [3.05, 3.63) is 28.8 Å². The van der Waals surface area contributed by atoms with Gasteiger partial charge in [0, 0.05) is 6.04 Å². The van der Waals surface area contributed by atoms with Crippen LogP contribution in [0.3, 0.4) is 0 Å². The van der Waals surface area contributed by atoms with Gasteiger partial charge in [0.15, 0.2) is 9.84 Å². The molecule has 18 heavy (non-hydrogen) atoms. The van der Waals surface area contributed by atoms with Gasteiger partial charge in [0.25, 0.3) is 0 Å². The lowest BCUT2D eigenvalue weighted by molar-refractivity contribution is 0.555. The van der Waals surface area contributed by atoms with Crippen LogP contribution in [0.5, 0.6) is 0 Å². The minimum atomic E-state index is -3.20. The summed E-state index contributed by atoms with van der Waals surface area (Å²) in [5, 5.41) is -0.417. The summed E-state index contributed by atoms with van der Waals surface area (Å²) >= 11 is 0. The average Bonchev–Trinajstić information content (AvgIpc) is 2.85. The van der Waals surface area contributed by atoms with Crippen LogP contribution in [0.15, 0.2) is 17.0 Å². The summed E-state index contributed by atoms with van der Waals surface area (Å²) in [6, 6.07) is 3.61. The maximum absolute atomic E-state index is 12.5. The van der Waals surface area contributed by atoms with E-state index in [-0.39, 0.29) is 6.04 Å². The van der Waals surface area contributed by atoms with Gasteiger partial charge in [-0.15, -0.1) is 0 Å². The fraction of sp³-hybridized carbons (Fsp3) is 0.571. The van der Waals surface area contributed by atoms with Crippen molar-refractivity contribution in [2.45, 2.75) is 55.2 Å². The molecule has 0 bridgehead atoms. The maximum Gasteiger partial charge on any atom is 0.183 e. The monoisotopic (exact) mass is 265 g/mol. The molecule has 0 aromatic heterocycles. The van der Waals surface area contributed by atoms with E-state index in [0.29, 0.717) is 11.3 Å². The van der Waals surface area contributed by atoms with Crippen LogP contribution >= 0.6 is 0 Å². The summed E-state index contributed by atoms with van der Waals surface area (Å²) in [5.41, 5.74) is 9.54. The van der Waals surface area contributed by atoms with Gasteiger partial charge in [-0.1, -0.05) is 19.4 Å². The van der Waals surface area contributed by atoms with Crippen molar-refractivity contribution in [1.82, 2.24) is 0 Å². The zero-order chi connectivity index (χ0) is 12.9. The molecular formula is C14H19NO2S. The Morgan fingerprint density at radius 1 is 1.28 bits per heavy atom. The predicted octanol–water partition coefficient (Wildman–Crippen LogP) is 2.13. The van der Waals surface area contributed by atoms with Crippen molar-refractivity contribution in [3.8, 4) is 0 Å². The molecule has 0 amide bonds. The predicted molar refractivity (Wildman–Crippen MR) is 71.3 cm³/mol. The highest BCUT2D eigenvalue weighted by atomic mass is 32.2. The zero-order valence-corrected chi connectivity index (χ0v) is 11.5. The second kappa shape index (κ2) is 4.07. The minimum Gasteiger partial charge on any atom is -0.323 e. The van der Waals surface area contributed by atoms with Gasteiger partial charge in [-0.2, -0.15) is 0 Å². The number of rotatable bonds is 2. The smallest absolute Gasteiger partial charge is 0.183 e. The number of hydrogen-bond donors (Lipinski definition) is 1. The molecule has 2 atom stereocenters. The number of hydrogen-bond acceptors (Lipinski definition) is 3. The molecule has 0 spiro atoms. The lowest BCUT2D eigenvalue weighted by Gasteiger charge is -2.13. The zero-order valence-electron chi connectivity index (χ0n) is 10.6. The van der Waals surface area contributed by atoms with E-state index in [0.717, 1.165) is 31.2 Å². The Morgan fingerprint density at radius 2 is 1.94 bits per heavy atom. The lowest BCUT2D eigenvalue weighted by atomic mass is 9.98. The van der Waals surface area contributed by atoms with Crippen LogP contribution in [0.2, 0.25) is 0 Å². The second-order valence-corrected chi connectivity index (χ2v) is 7.55. The third-order valence-electron chi connectivity index (χ3n) is 4.26. The Hall–Kier alpha value is -0.870. The highest BCUT2D eigenvalue weighted by molar-refractivity contribution is 7.92. The number of nitrogens with two attached hydrogens (primary N) is 1. The summed E-state index contributed by atoms with van der Waals surface area (Å²) in [6.07, 6.45) is 4.71. The first-order valence-corrected chi connectivity index (χ1v) is 8.25. The van der Waals surface area contributed by atoms with E-state index < -0.39 is 15.1 Å². The maximum atomic E-state index is 12.5. The Balaban J connectivity index is 2.16. The molecule has 1 aromatic carbocycles. The average molecular weight is 265 g/mol. The van der Waals surface area contributed by atoms with E-state index in [1.165, 1.54) is 11.1 Å². The molecule has 0 saturated heterocycles. The van der Waals surface area contributed by atoms with Crippen molar-refractivity contribution in [2.24, 2.45) is 5.73 Å². The molecule has 1 aromatic rings. The molecule has 2 unspecified atom stereocenters. The van der Waals surface area contributed by atoms with Gasteiger partial charge in [0.1, 0.15) is 0 Å². The van der Waals surface area contributed by atoms with Gasteiger partial charge >= 0.3 is 0 Å². The highest BCUT2D eigenvalue weighted by Crippen LogP contribution is 2.42. The summed E-state index contributed by atoms with van der Waals surface area (Å²) in [4.78, 5) is 0.508. The summed E-state index contributed by atoms with van der Waals surface area (Å²) in [5.74, 6) is 0. The van der Waals surface area contributed by atoms with Gasteiger partial charge in [0.2, 0.25) is 0 Å². The topological polar surface area (TPSA) is 60.2 Å². The van der Waals surface area contributed by atoms with Crippen LogP contribution in [-0.4, -0.2) is 13.7 Å². The molecule has 1 heterocycles. The molecule has 2 aliphatic rings. The van der Waals surface area contributed by atoms with Gasteiger partial charge in [-0.25, -0.2) is 8.42 Å². The molecule has 98 valence electrons. The van der Waals surface area contributed by atoms with Crippen LogP contribution in [0.1, 0.15) is 48.9 Å². The number of fused-ring (bicyclic) bond motifs is 2. The van der Waals surface area contributed by atoms with Crippen LogP contribution in [0.25, 0.3) is 0 Å². The molecule has 1 aliphatic carbocycles. The third kappa shape index (κ3) is 1.55. The molecule has 4 heteroatoms. The molecule has 1 aliphatic heterocycles. The van der Waals surface area contributed by atoms with Crippen molar-refractivity contribution in [2.75, 3.05) is 0 Å². The summed E-state index contributed by atoms with van der Waals surface area (Å²) < 4.78 is 25.0. The number of aryl methyl sites for hydroxylation is 2. The van der Waals surface area contributed by atoms with Gasteiger partial charge < -0.3 is 5.73 Å². The standard InChI is InChI=1S/C14H19NO2S/c1-2-4-12-14(15)11-7-9-5-3-6-10(9)8-13(11)18(12,16)17/h7-8,12,14H,2-6,15H2,1H3. The fourth-order valence-electron chi connectivity index (χ4n) is 3.30. The SMILES string of the molecule is CCCC1C(N)c2cc3c(cc2S1(=O)=O)CCC3. The first kappa shape index (κ1) is 12.2. The lowest BCUT2D eigenvalue weighted by Crippen LogP contribution is -2.26. The van der Waals surface area contributed by atoms with E-state index >= 15 is 0 Å². The van der Waals surface area contributed by atoms with Gasteiger partial charge in [0.05, 0.1) is 10.1 Å². The van der Waals surface area contributed by atoms with Crippen molar-refractivity contribution in [1.29, 1.82) is 0 Å². The second-order valence-electron chi connectivity index (χ2n) is 5.41. The Morgan fingerprint density at radius 3 is 2.61 bits per heavy atom. The van der Waals surface area contributed by atoms with E-state index in [9.17, 15) is 8.42 Å².